The van der Waals surface area contributed by atoms with E-state index >= 15 is 0 Å². The van der Waals surface area contributed by atoms with Crippen molar-refractivity contribution in [2.24, 2.45) is 0 Å². The molecule has 1 unspecified atom stereocenters. The van der Waals surface area contributed by atoms with E-state index in [-0.39, 0.29) is 12.5 Å². The predicted octanol–water partition coefficient (Wildman–Crippen LogP) is 5.10. The minimum atomic E-state index is -4.09. The topological polar surface area (TPSA) is 12.0 Å². The van der Waals surface area contributed by atoms with E-state index < -0.39 is 12.6 Å². The summed E-state index contributed by atoms with van der Waals surface area (Å²) in [7, 11) is 1.74. The Morgan fingerprint density at radius 3 is 2.56 bits per heavy atom. The molecule has 0 aliphatic carbocycles. The SMILES string of the molecule is CNC(CCCC(F)(F)F)c1ccc(Cl)cc1Br. The van der Waals surface area contributed by atoms with Crippen molar-refractivity contribution in [3.05, 3.63) is 33.3 Å². The Hall–Kier alpha value is -0.260. The van der Waals surface area contributed by atoms with E-state index in [1.54, 1.807) is 19.2 Å². The molecule has 1 N–H and O–H groups in total. The minimum absolute atomic E-state index is 0.101. The smallest absolute Gasteiger partial charge is 0.313 e. The molecule has 18 heavy (non-hydrogen) atoms. The van der Waals surface area contributed by atoms with Crippen LogP contribution in [0.2, 0.25) is 5.02 Å². The van der Waals surface area contributed by atoms with Gasteiger partial charge in [-0.15, -0.1) is 0 Å². The van der Waals surface area contributed by atoms with Crippen LogP contribution in [-0.2, 0) is 0 Å². The van der Waals surface area contributed by atoms with Crippen LogP contribution in [0, 0.1) is 0 Å². The highest BCUT2D eigenvalue weighted by Gasteiger charge is 2.27. The summed E-state index contributed by atoms with van der Waals surface area (Å²) in [6.45, 7) is 0. The summed E-state index contributed by atoms with van der Waals surface area (Å²) >= 11 is 9.20. The molecule has 0 spiro atoms. The van der Waals surface area contributed by atoms with Crippen LogP contribution in [0.5, 0.6) is 0 Å². The van der Waals surface area contributed by atoms with Crippen LogP contribution in [0.25, 0.3) is 0 Å². The Morgan fingerprint density at radius 1 is 1.39 bits per heavy atom. The van der Waals surface area contributed by atoms with E-state index in [0.29, 0.717) is 11.4 Å². The lowest BCUT2D eigenvalue weighted by atomic mass is 10.0. The van der Waals surface area contributed by atoms with Gasteiger partial charge in [0.05, 0.1) is 0 Å². The van der Waals surface area contributed by atoms with Crippen molar-refractivity contribution in [1.82, 2.24) is 5.32 Å². The first kappa shape index (κ1) is 15.8. The highest BCUT2D eigenvalue weighted by Crippen LogP contribution is 2.31. The van der Waals surface area contributed by atoms with Crippen LogP contribution in [0.4, 0.5) is 13.2 Å². The largest absolute Gasteiger partial charge is 0.389 e. The van der Waals surface area contributed by atoms with Gasteiger partial charge in [0.15, 0.2) is 0 Å². The fraction of sp³-hybridized carbons (Fsp3) is 0.500. The fourth-order valence-electron chi connectivity index (χ4n) is 1.75. The summed E-state index contributed by atoms with van der Waals surface area (Å²) in [5, 5.41) is 3.62. The molecule has 1 atom stereocenters. The Kier molecular flexibility index (Phi) is 5.95. The van der Waals surface area contributed by atoms with E-state index in [1.165, 1.54) is 0 Å². The standard InChI is InChI=1S/C12H14BrClF3N/c1-18-11(3-2-6-12(15,16)17)9-5-4-8(14)7-10(9)13/h4-5,7,11,18H,2-3,6H2,1H3. The van der Waals surface area contributed by atoms with Gasteiger partial charge >= 0.3 is 6.18 Å². The molecule has 0 saturated heterocycles. The number of nitrogens with one attached hydrogen (secondary N) is 1. The molecule has 0 aliphatic heterocycles. The van der Waals surface area contributed by atoms with Crippen LogP contribution >= 0.6 is 27.5 Å². The summed E-state index contributed by atoms with van der Waals surface area (Å²) < 4.78 is 37.1. The second-order valence-corrected chi connectivity index (χ2v) is 5.31. The molecule has 0 aromatic heterocycles. The van der Waals surface area contributed by atoms with Crippen molar-refractivity contribution in [2.75, 3.05) is 7.05 Å². The lowest BCUT2D eigenvalue weighted by Crippen LogP contribution is -2.18. The van der Waals surface area contributed by atoms with E-state index in [2.05, 4.69) is 21.2 Å². The number of alkyl halides is 3. The molecule has 0 saturated carbocycles. The maximum Gasteiger partial charge on any atom is 0.389 e. The van der Waals surface area contributed by atoms with Crippen molar-refractivity contribution in [3.63, 3.8) is 0 Å². The van der Waals surface area contributed by atoms with Gasteiger partial charge < -0.3 is 5.32 Å². The van der Waals surface area contributed by atoms with E-state index in [4.69, 9.17) is 11.6 Å². The van der Waals surface area contributed by atoms with Gasteiger partial charge in [-0.2, -0.15) is 13.2 Å². The predicted molar refractivity (Wildman–Crippen MR) is 70.9 cm³/mol. The first-order valence-corrected chi connectivity index (χ1v) is 6.69. The fourth-order valence-corrected chi connectivity index (χ4v) is 2.71. The zero-order valence-corrected chi connectivity index (χ0v) is 12.2. The molecule has 1 nitrogen and oxygen atoms in total. The summed E-state index contributed by atoms with van der Waals surface area (Å²) in [6, 6.07) is 5.18. The summed E-state index contributed by atoms with van der Waals surface area (Å²) in [6.07, 6.45) is -4.31. The van der Waals surface area contributed by atoms with Crippen LogP contribution in [0.1, 0.15) is 30.9 Å². The monoisotopic (exact) mass is 343 g/mol. The normalized spacial score (nSPS) is 13.7. The molecule has 1 rings (SSSR count). The number of hydrogen-bond donors (Lipinski definition) is 1. The van der Waals surface area contributed by atoms with Crippen LogP contribution < -0.4 is 5.32 Å². The molecule has 0 heterocycles. The zero-order valence-electron chi connectivity index (χ0n) is 9.82. The van der Waals surface area contributed by atoms with E-state index in [1.807, 2.05) is 6.07 Å². The third-order valence-corrected chi connectivity index (χ3v) is 3.56. The minimum Gasteiger partial charge on any atom is -0.313 e. The molecule has 6 heteroatoms. The molecule has 0 radical (unpaired) electrons. The highest BCUT2D eigenvalue weighted by atomic mass is 79.9. The van der Waals surface area contributed by atoms with Crippen LogP contribution in [0.3, 0.4) is 0 Å². The third-order valence-electron chi connectivity index (χ3n) is 2.64. The van der Waals surface area contributed by atoms with Gasteiger partial charge in [0.2, 0.25) is 0 Å². The Bertz CT molecular complexity index is 395. The molecule has 1 aromatic carbocycles. The highest BCUT2D eigenvalue weighted by molar-refractivity contribution is 9.10. The van der Waals surface area contributed by atoms with Gasteiger partial charge in [-0.3, -0.25) is 0 Å². The number of rotatable bonds is 5. The molecule has 0 fully saturated rings. The number of hydrogen-bond acceptors (Lipinski definition) is 1. The average Bonchev–Trinajstić information content (AvgIpc) is 2.24. The Balaban J connectivity index is 2.66. The van der Waals surface area contributed by atoms with Gasteiger partial charge in [0.1, 0.15) is 0 Å². The molecule has 0 bridgehead atoms. The van der Waals surface area contributed by atoms with E-state index in [0.717, 1.165) is 10.0 Å². The zero-order chi connectivity index (χ0) is 13.8. The van der Waals surface area contributed by atoms with Crippen molar-refractivity contribution < 1.29 is 13.2 Å². The molecular weight excluding hydrogens is 330 g/mol. The maximum absolute atomic E-state index is 12.1. The Morgan fingerprint density at radius 2 is 2.06 bits per heavy atom. The summed E-state index contributed by atoms with van der Waals surface area (Å²) in [4.78, 5) is 0. The van der Waals surface area contributed by atoms with Gasteiger partial charge in [-0.1, -0.05) is 33.6 Å². The second-order valence-electron chi connectivity index (χ2n) is 4.01. The average molecular weight is 345 g/mol. The molecule has 102 valence electrons. The van der Waals surface area contributed by atoms with Gasteiger partial charge in [0.25, 0.3) is 0 Å². The summed E-state index contributed by atoms with van der Waals surface area (Å²) in [5.41, 5.74) is 0.920. The maximum atomic E-state index is 12.1. The van der Waals surface area contributed by atoms with Crippen molar-refractivity contribution in [1.29, 1.82) is 0 Å². The second kappa shape index (κ2) is 6.78. The van der Waals surface area contributed by atoms with Gasteiger partial charge in [-0.05, 0) is 37.6 Å². The quantitative estimate of drug-likeness (QED) is 0.784. The lowest BCUT2D eigenvalue weighted by molar-refractivity contribution is -0.135. The third kappa shape index (κ3) is 5.16. The molecule has 1 aromatic rings. The van der Waals surface area contributed by atoms with Crippen molar-refractivity contribution >= 4 is 27.5 Å². The van der Waals surface area contributed by atoms with Crippen LogP contribution in [-0.4, -0.2) is 13.2 Å². The molecule has 0 aliphatic rings. The lowest BCUT2D eigenvalue weighted by Gasteiger charge is -2.18. The van der Waals surface area contributed by atoms with E-state index in [9.17, 15) is 13.2 Å². The molecular formula is C12H14BrClF3N. The van der Waals surface area contributed by atoms with Crippen molar-refractivity contribution in [3.8, 4) is 0 Å². The number of benzene rings is 1. The first-order valence-electron chi connectivity index (χ1n) is 5.52. The van der Waals surface area contributed by atoms with Gasteiger partial charge in [0, 0.05) is 22.0 Å². The Labute approximate surface area is 118 Å². The summed E-state index contributed by atoms with van der Waals surface area (Å²) in [5.74, 6) is 0. The van der Waals surface area contributed by atoms with Gasteiger partial charge in [-0.25, -0.2) is 0 Å². The van der Waals surface area contributed by atoms with Crippen LogP contribution in [0.15, 0.2) is 22.7 Å². The van der Waals surface area contributed by atoms with Crippen molar-refractivity contribution in [2.45, 2.75) is 31.5 Å². The first-order chi connectivity index (χ1) is 8.33. The molecule has 0 amide bonds. The number of halogens is 5.